The van der Waals surface area contributed by atoms with E-state index in [1.165, 1.54) is 58.3 Å². The number of phenols is 1. The molecule has 0 fully saturated rings. The van der Waals surface area contributed by atoms with Crippen molar-refractivity contribution in [3.8, 4) is 23.0 Å². The summed E-state index contributed by atoms with van der Waals surface area (Å²) >= 11 is 0. The molecule has 42 heavy (non-hydrogen) atoms. The smallest absolute Gasteiger partial charge is 0.308 e. The van der Waals surface area contributed by atoms with E-state index in [9.17, 15) is 9.90 Å². The van der Waals surface area contributed by atoms with E-state index in [0.29, 0.717) is 11.5 Å². The van der Waals surface area contributed by atoms with Gasteiger partial charge in [0.25, 0.3) is 0 Å². The molecule has 5 nitrogen and oxygen atoms in total. The number of aromatic hydroxyl groups is 1. The SMILES string of the molecule is CC(=O)Oc1ccc(OCc2c(O)c(C)c(C)c3c2CC[C@@](C)(CCC[C@H](C)CCC[C@H](C)CCCC(C)C)O3)cc1. The maximum atomic E-state index is 11.2. The van der Waals surface area contributed by atoms with Crippen molar-refractivity contribution in [2.24, 2.45) is 17.8 Å². The van der Waals surface area contributed by atoms with Crippen LogP contribution >= 0.6 is 0 Å². The summed E-state index contributed by atoms with van der Waals surface area (Å²) in [4.78, 5) is 11.2. The summed E-state index contributed by atoms with van der Waals surface area (Å²) in [5.74, 6) is 4.40. The van der Waals surface area contributed by atoms with Gasteiger partial charge in [0.1, 0.15) is 35.2 Å². The maximum Gasteiger partial charge on any atom is 0.308 e. The molecular weight excluding hydrogens is 524 g/mol. The van der Waals surface area contributed by atoms with Crippen molar-refractivity contribution in [2.45, 2.75) is 138 Å². The zero-order chi connectivity index (χ0) is 30.9. The molecule has 234 valence electrons. The number of hydrogen-bond donors (Lipinski definition) is 1. The molecule has 1 N–H and O–H groups in total. The third kappa shape index (κ3) is 9.95. The van der Waals surface area contributed by atoms with Gasteiger partial charge in [0.05, 0.1) is 0 Å². The molecule has 0 radical (unpaired) electrons. The molecule has 0 aromatic heterocycles. The molecule has 0 spiro atoms. The quantitative estimate of drug-likeness (QED) is 0.158. The standard InChI is InChI=1S/C37H56O5/c1-25(2)12-9-13-26(3)14-10-15-27(4)16-11-22-37(8)23-21-33-34(35(39)28(5)29(6)36(33)42-37)24-40-31-17-19-32(20-18-31)41-30(7)38/h17-20,25-27,39H,9-16,21-24H2,1-8H3/t26-,27-,37-/m1/s1. The van der Waals surface area contributed by atoms with E-state index in [-0.39, 0.29) is 23.9 Å². The molecule has 0 amide bonds. The van der Waals surface area contributed by atoms with Crippen molar-refractivity contribution in [3.05, 3.63) is 46.5 Å². The number of fused-ring (bicyclic) bond motifs is 1. The third-order valence-electron chi connectivity index (χ3n) is 9.18. The van der Waals surface area contributed by atoms with Gasteiger partial charge in [-0.15, -0.1) is 0 Å². The average Bonchev–Trinajstić information content (AvgIpc) is 2.92. The van der Waals surface area contributed by atoms with Crippen LogP contribution in [0.5, 0.6) is 23.0 Å². The van der Waals surface area contributed by atoms with Crippen molar-refractivity contribution in [2.75, 3.05) is 0 Å². The van der Waals surface area contributed by atoms with E-state index in [4.69, 9.17) is 14.2 Å². The second-order valence-corrected chi connectivity index (χ2v) is 13.6. The maximum absolute atomic E-state index is 11.2. The second kappa shape index (κ2) is 15.7. The van der Waals surface area contributed by atoms with Crippen molar-refractivity contribution >= 4 is 5.97 Å². The van der Waals surface area contributed by atoms with Gasteiger partial charge in [-0.05, 0) is 99.6 Å². The number of phenolic OH excluding ortho intramolecular Hbond substituents is 1. The normalized spacial score (nSPS) is 17.8. The summed E-state index contributed by atoms with van der Waals surface area (Å²) in [7, 11) is 0. The molecule has 5 heteroatoms. The first kappa shape index (κ1) is 33.8. The Morgan fingerprint density at radius 1 is 0.905 bits per heavy atom. The van der Waals surface area contributed by atoms with Gasteiger partial charge in [-0.1, -0.05) is 72.6 Å². The molecule has 0 saturated heterocycles. The summed E-state index contributed by atoms with van der Waals surface area (Å²) in [5, 5.41) is 11.1. The summed E-state index contributed by atoms with van der Waals surface area (Å²) in [6.45, 7) is 17.4. The largest absolute Gasteiger partial charge is 0.507 e. The van der Waals surface area contributed by atoms with Gasteiger partial charge in [-0.2, -0.15) is 0 Å². The van der Waals surface area contributed by atoms with E-state index in [0.717, 1.165) is 65.0 Å². The number of carbonyl (C=O) groups excluding carboxylic acids is 1. The molecule has 1 aliphatic rings. The van der Waals surface area contributed by atoms with E-state index in [1.54, 1.807) is 24.3 Å². The van der Waals surface area contributed by atoms with Crippen molar-refractivity contribution in [1.29, 1.82) is 0 Å². The van der Waals surface area contributed by atoms with E-state index in [1.807, 2.05) is 13.8 Å². The molecule has 0 saturated carbocycles. The lowest BCUT2D eigenvalue weighted by Gasteiger charge is -2.38. The van der Waals surface area contributed by atoms with E-state index in [2.05, 4.69) is 34.6 Å². The average molecular weight is 581 g/mol. The number of carbonyl (C=O) groups is 1. The highest BCUT2D eigenvalue weighted by Crippen LogP contribution is 2.45. The Morgan fingerprint density at radius 2 is 1.48 bits per heavy atom. The minimum Gasteiger partial charge on any atom is -0.507 e. The zero-order valence-electron chi connectivity index (χ0n) is 27.6. The molecule has 3 atom stereocenters. The summed E-state index contributed by atoms with van der Waals surface area (Å²) < 4.78 is 17.9. The van der Waals surface area contributed by atoms with Crippen LogP contribution in [0.3, 0.4) is 0 Å². The van der Waals surface area contributed by atoms with Gasteiger partial charge in [0.15, 0.2) is 0 Å². The number of hydrogen-bond acceptors (Lipinski definition) is 5. The molecule has 1 heterocycles. The first-order valence-corrected chi connectivity index (χ1v) is 16.3. The Bertz CT molecular complexity index is 1150. The van der Waals surface area contributed by atoms with Crippen LogP contribution in [-0.2, 0) is 17.8 Å². The lowest BCUT2D eigenvalue weighted by Crippen LogP contribution is -2.37. The number of esters is 1. The van der Waals surface area contributed by atoms with Crippen LogP contribution in [0, 0.1) is 31.6 Å². The predicted octanol–water partition coefficient (Wildman–Crippen LogP) is 10.0. The van der Waals surface area contributed by atoms with Crippen molar-refractivity contribution in [1.82, 2.24) is 0 Å². The molecule has 0 bridgehead atoms. The third-order valence-corrected chi connectivity index (χ3v) is 9.18. The molecule has 2 aromatic carbocycles. The van der Waals surface area contributed by atoms with Crippen LogP contribution in [0.4, 0.5) is 0 Å². The molecule has 1 aliphatic heterocycles. The summed E-state index contributed by atoms with van der Waals surface area (Å²) in [6, 6.07) is 6.95. The van der Waals surface area contributed by atoms with E-state index >= 15 is 0 Å². The number of ether oxygens (including phenoxy) is 3. The minimum atomic E-state index is -0.357. The van der Waals surface area contributed by atoms with Crippen LogP contribution < -0.4 is 14.2 Å². The van der Waals surface area contributed by atoms with Gasteiger partial charge in [-0.25, -0.2) is 0 Å². The zero-order valence-corrected chi connectivity index (χ0v) is 27.6. The highest BCUT2D eigenvalue weighted by molar-refractivity contribution is 5.69. The van der Waals surface area contributed by atoms with Gasteiger partial charge >= 0.3 is 5.97 Å². The Labute approximate surface area is 255 Å². The molecule has 0 unspecified atom stereocenters. The molecular formula is C37H56O5. The fourth-order valence-electron chi connectivity index (χ4n) is 6.23. The van der Waals surface area contributed by atoms with Gasteiger partial charge < -0.3 is 19.3 Å². The molecule has 3 rings (SSSR count). The van der Waals surface area contributed by atoms with Crippen LogP contribution in [0.15, 0.2) is 24.3 Å². The Hall–Kier alpha value is -2.69. The van der Waals surface area contributed by atoms with Crippen LogP contribution in [0.25, 0.3) is 0 Å². The Balaban J connectivity index is 1.53. The van der Waals surface area contributed by atoms with Crippen LogP contribution in [0.2, 0.25) is 0 Å². The summed E-state index contributed by atoms with van der Waals surface area (Å²) in [5.41, 5.74) is 3.51. The fourth-order valence-corrected chi connectivity index (χ4v) is 6.23. The van der Waals surface area contributed by atoms with Gasteiger partial charge in [0, 0.05) is 18.1 Å². The van der Waals surface area contributed by atoms with Gasteiger partial charge in [0.2, 0.25) is 0 Å². The number of benzene rings is 2. The Kier molecular flexibility index (Phi) is 12.6. The lowest BCUT2D eigenvalue weighted by atomic mass is 9.83. The van der Waals surface area contributed by atoms with Crippen LogP contribution in [0.1, 0.15) is 128 Å². The summed E-state index contributed by atoms with van der Waals surface area (Å²) in [6.07, 6.45) is 13.4. The lowest BCUT2D eigenvalue weighted by molar-refractivity contribution is -0.131. The predicted molar refractivity (Wildman–Crippen MR) is 172 cm³/mol. The molecule has 2 aromatic rings. The topological polar surface area (TPSA) is 65.0 Å². The second-order valence-electron chi connectivity index (χ2n) is 13.6. The first-order chi connectivity index (χ1) is 19.9. The Morgan fingerprint density at radius 3 is 2.07 bits per heavy atom. The fraction of sp³-hybridized carbons (Fsp3) is 0.649. The number of rotatable bonds is 16. The highest BCUT2D eigenvalue weighted by Gasteiger charge is 2.35. The van der Waals surface area contributed by atoms with Crippen molar-refractivity contribution in [3.63, 3.8) is 0 Å². The monoisotopic (exact) mass is 580 g/mol. The van der Waals surface area contributed by atoms with E-state index < -0.39 is 0 Å². The minimum absolute atomic E-state index is 0.198. The van der Waals surface area contributed by atoms with Crippen LogP contribution in [-0.4, -0.2) is 16.7 Å². The molecule has 0 aliphatic carbocycles. The highest BCUT2D eigenvalue weighted by atomic mass is 16.5. The first-order valence-electron chi connectivity index (χ1n) is 16.3. The van der Waals surface area contributed by atoms with Gasteiger partial charge in [-0.3, -0.25) is 4.79 Å². The van der Waals surface area contributed by atoms with Crippen molar-refractivity contribution < 1.29 is 24.1 Å².